The smallest absolute Gasteiger partial charge is 0.350 e. The van der Waals surface area contributed by atoms with Gasteiger partial charge in [-0.2, -0.15) is 8.78 Å². The van der Waals surface area contributed by atoms with E-state index in [1.165, 1.54) is 0 Å². The molecule has 2 N–H and O–H groups in total. The SMILES string of the molecule is CCC(CC)(CNS(=O)(=O)C(F)F)C(=O)O. The van der Waals surface area contributed by atoms with Crippen molar-refractivity contribution < 1.29 is 27.1 Å². The van der Waals surface area contributed by atoms with Crippen LogP contribution in [0.2, 0.25) is 0 Å². The highest BCUT2D eigenvalue weighted by Gasteiger charge is 2.37. The minimum Gasteiger partial charge on any atom is -0.481 e. The van der Waals surface area contributed by atoms with Gasteiger partial charge in [-0.25, -0.2) is 13.1 Å². The molecule has 0 aliphatic heterocycles. The van der Waals surface area contributed by atoms with Gasteiger partial charge in [0.1, 0.15) is 0 Å². The van der Waals surface area contributed by atoms with E-state index in [-0.39, 0.29) is 12.8 Å². The summed E-state index contributed by atoms with van der Waals surface area (Å²) in [7, 11) is -4.73. The van der Waals surface area contributed by atoms with Crippen molar-refractivity contribution in [2.24, 2.45) is 5.41 Å². The van der Waals surface area contributed by atoms with Gasteiger partial charge in [-0.05, 0) is 12.8 Å². The Kier molecular flexibility index (Phi) is 5.27. The lowest BCUT2D eigenvalue weighted by Gasteiger charge is -2.26. The fraction of sp³-hybridized carbons (Fsp3) is 0.875. The van der Waals surface area contributed by atoms with Gasteiger partial charge in [0.2, 0.25) is 0 Å². The van der Waals surface area contributed by atoms with Gasteiger partial charge in [0.15, 0.2) is 0 Å². The third kappa shape index (κ3) is 3.38. The molecule has 0 aromatic carbocycles. The number of sulfonamides is 1. The average Bonchev–Trinajstić information content (AvgIpc) is 2.19. The van der Waals surface area contributed by atoms with Crippen molar-refractivity contribution in [3.63, 3.8) is 0 Å². The number of carboxylic acids is 1. The third-order valence-corrected chi connectivity index (χ3v) is 3.67. The van der Waals surface area contributed by atoms with E-state index < -0.39 is 33.7 Å². The van der Waals surface area contributed by atoms with Crippen molar-refractivity contribution in [3.8, 4) is 0 Å². The number of aliphatic carboxylic acids is 1. The Morgan fingerprint density at radius 2 is 1.81 bits per heavy atom. The van der Waals surface area contributed by atoms with E-state index >= 15 is 0 Å². The number of hydrogen-bond acceptors (Lipinski definition) is 3. The standard InChI is InChI=1S/C8H15F2NO4S/c1-3-8(4-2,6(12)13)5-11-16(14,15)7(9)10/h7,11H,3-5H2,1-2H3,(H,12,13). The Balaban J connectivity index is 4.76. The highest BCUT2D eigenvalue weighted by molar-refractivity contribution is 7.89. The largest absolute Gasteiger partial charge is 0.481 e. The van der Waals surface area contributed by atoms with Gasteiger partial charge in [-0.1, -0.05) is 13.8 Å². The predicted octanol–water partition coefficient (Wildman–Crippen LogP) is 1.02. The van der Waals surface area contributed by atoms with Crippen molar-refractivity contribution in [1.29, 1.82) is 0 Å². The average molecular weight is 259 g/mol. The minimum atomic E-state index is -4.73. The van der Waals surface area contributed by atoms with Gasteiger partial charge < -0.3 is 5.11 Å². The lowest BCUT2D eigenvalue weighted by atomic mass is 9.83. The van der Waals surface area contributed by atoms with Crippen LogP contribution < -0.4 is 4.72 Å². The molecule has 0 saturated carbocycles. The van der Waals surface area contributed by atoms with Crippen LogP contribution in [0.1, 0.15) is 26.7 Å². The summed E-state index contributed by atoms with van der Waals surface area (Å²) in [5.41, 5.74) is -1.33. The van der Waals surface area contributed by atoms with Crippen molar-refractivity contribution in [3.05, 3.63) is 0 Å². The van der Waals surface area contributed by atoms with E-state index in [0.29, 0.717) is 0 Å². The van der Waals surface area contributed by atoms with Gasteiger partial charge in [0, 0.05) is 6.54 Å². The summed E-state index contributed by atoms with van der Waals surface area (Å²) in [6.07, 6.45) is 0.315. The number of halogens is 2. The molecule has 0 radical (unpaired) electrons. The molecule has 0 aromatic rings. The van der Waals surface area contributed by atoms with Crippen molar-refractivity contribution >= 4 is 16.0 Å². The molecule has 0 aliphatic carbocycles. The van der Waals surface area contributed by atoms with E-state index in [0.717, 1.165) is 0 Å². The minimum absolute atomic E-state index is 0.157. The maximum Gasteiger partial charge on any atom is 0.350 e. The molecular weight excluding hydrogens is 244 g/mol. The summed E-state index contributed by atoms with van der Waals surface area (Å²) < 4.78 is 47.2. The highest BCUT2D eigenvalue weighted by Crippen LogP contribution is 2.26. The van der Waals surface area contributed by atoms with Crippen LogP contribution >= 0.6 is 0 Å². The first-order valence-corrected chi connectivity index (χ1v) is 6.26. The molecule has 0 aromatic heterocycles. The van der Waals surface area contributed by atoms with E-state index in [1.807, 2.05) is 0 Å². The second-order valence-corrected chi connectivity index (χ2v) is 5.15. The lowest BCUT2D eigenvalue weighted by molar-refractivity contribution is -0.149. The molecule has 96 valence electrons. The lowest BCUT2D eigenvalue weighted by Crippen LogP contribution is -2.43. The predicted molar refractivity (Wildman–Crippen MR) is 53.6 cm³/mol. The van der Waals surface area contributed by atoms with Crippen molar-refractivity contribution in [2.75, 3.05) is 6.54 Å². The molecule has 0 heterocycles. The fourth-order valence-corrected chi connectivity index (χ4v) is 1.78. The zero-order chi connectivity index (χ0) is 13.0. The van der Waals surface area contributed by atoms with Crippen LogP contribution in [-0.4, -0.2) is 31.8 Å². The monoisotopic (exact) mass is 259 g/mol. The van der Waals surface area contributed by atoms with Gasteiger partial charge in [0.05, 0.1) is 5.41 Å². The van der Waals surface area contributed by atoms with Crippen LogP contribution in [0.25, 0.3) is 0 Å². The molecule has 0 rings (SSSR count). The second kappa shape index (κ2) is 5.53. The molecule has 0 aliphatic rings. The van der Waals surface area contributed by atoms with E-state index in [2.05, 4.69) is 0 Å². The van der Waals surface area contributed by atoms with Crippen LogP contribution in [0.15, 0.2) is 0 Å². The first-order valence-electron chi connectivity index (χ1n) is 4.72. The zero-order valence-corrected chi connectivity index (χ0v) is 9.85. The van der Waals surface area contributed by atoms with E-state index in [9.17, 15) is 22.0 Å². The fourth-order valence-electron chi connectivity index (χ4n) is 1.18. The molecule has 0 saturated heterocycles. The summed E-state index contributed by atoms with van der Waals surface area (Å²) in [5, 5.41) is 8.94. The maximum atomic E-state index is 12.0. The molecule has 0 bridgehead atoms. The summed E-state index contributed by atoms with van der Waals surface area (Å²) in [6.45, 7) is 2.60. The summed E-state index contributed by atoms with van der Waals surface area (Å²) in [6, 6.07) is 0. The summed E-state index contributed by atoms with van der Waals surface area (Å²) >= 11 is 0. The van der Waals surface area contributed by atoms with Gasteiger partial charge in [-0.15, -0.1) is 0 Å². The maximum absolute atomic E-state index is 12.0. The molecule has 5 nitrogen and oxygen atoms in total. The molecular formula is C8H15F2NO4S. The topological polar surface area (TPSA) is 83.5 Å². The van der Waals surface area contributed by atoms with E-state index in [4.69, 9.17) is 5.11 Å². The molecule has 0 fully saturated rings. The number of carboxylic acid groups (broad SMARTS) is 1. The van der Waals surface area contributed by atoms with Crippen LogP contribution in [0.3, 0.4) is 0 Å². The number of carbonyl (C=O) groups is 1. The Morgan fingerprint density at radius 1 is 1.38 bits per heavy atom. The number of alkyl halides is 2. The molecule has 16 heavy (non-hydrogen) atoms. The zero-order valence-electron chi connectivity index (χ0n) is 9.03. The highest BCUT2D eigenvalue weighted by atomic mass is 32.2. The Labute approximate surface area is 92.9 Å². The Morgan fingerprint density at radius 3 is 2.06 bits per heavy atom. The summed E-state index contributed by atoms with van der Waals surface area (Å²) in [5.74, 6) is -4.75. The molecule has 0 amide bonds. The molecule has 0 atom stereocenters. The second-order valence-electron chi connectivity index (χ2n) is 3.42. The third-order valence-electron chi connectivity index (χ3n) is 2.65. The van der Waals surface area contributed by atoms with Crippen molar-refractivity contribution in [2.45, 2.75) is 32.4 Å². The van der Waals surface area contributed by atoms with Gasteiger partial charge in [0.25, 0.3) is 10.0 Å². The quantitative estimate of drug-likeness (QED) is 0.715. The van der Waals surface area contributed by atoms with Crippen LogP contribution in [0, 0.1) is 5.41 Å². The van der Waals surface area contributed by atoms with Crippen LogP contribution in [-0.2, 0) is 14.8 Å². The van der Waals surface area contributed by atoms with Crippen LogP contribution in [0.5, 0.6) is 0 Å². The molecule has 8 heteroatoms. The Hall–Kier alpha value is -0.760. The first-order chi connectivity index (χ1) is 7.22. The number of nitrogens with one attached hydrogen (secondary N) is 1. The molecule has 0 unspecified atom stereocenters. The summed E-state index contributed by atoms with van der Waals surface area (Å²) in [4.78, 5) is 10.9. The Bertz CT molecular complexity index is 338. The first kappa shape index (κ1) is 15.2. The van der Waals surface area contributed by atoms with E-state index in [1.54, 1.807) is 18.6 Å². The van der Waals surface area contributed by atoms with Gasteiger partial charge in [-0.3, -0.25) is 4.79 Å². The number of rotatable bonds is 7. The van der Waals surface area contributed by atoms with Crippen LogP contribution in [0.4, 0.5) is 8.78 Å². The van der Waals surface area contributed by atoms with Crippen molar-refractivity contribution in [1.82, 2.24) is 4.72 Å². The van der Waals surface area contributed by atoms with Gasteiger partial charge >= 0.3 is 11.7 Å². The normalized spacial score (nSPS) is 13.1. The molecule has 0 spiro atoms. The number of hydrogen-bond donors (Lipinski definition) is 2.